The van der Waals surface area contributed by atoms with Crippen molar-refractivity contribution in [2.24, 2.45) is 5.73 Å². The number of piperazine rings is 3. The van der Waals surface area contributed by atoms with Gasteiger partial charge in [-0.15, -0.1) is 0 Å². The summed E-state index contributed by atoms with van der Waals surface area (Å²) in [4.78, 5) is 9.41. The number of hydrogen-bond donors (Lipinski definition) is 1. The average Bonchev–Trinajstić information content (AvgIpc) is 2.90. The van der Waals surface area contributed by atoms with Crippen LogP contribution in [0.5, 0.6) is 0 Å². The Hall–Kier alpha value is -0.980. The third-order valence-corrected chi connectivity index (χ3v) is 3.95. The van der Waals surface area contributed by atoms with Crippen LogP contribution in [0.4, 0.5) is 0 Å². The molecule has 2 atom stereocenters. The first-order chi connectivity index (χ1) is 8.78. The van der Waals surface area contributed by atoms with E-state index in [0.717, 1.165) is 51.4 Å². The summed E-state index contributed by atoms with van der Waals surface area (Å²) in [5.41, 5.74) is 6.00. The first kappa shape index (κ1) is 12.1. The summed E-state index contributed by atoms with van der Waals surface area (Å²) < 4.78 is 5.31. The molecule has 3 fully saturated rings. The largest absolute Gasteiger partial charge is 0.338 e. The Bertz CT molecular complexity index is 399. The van der Waals surface area contributed by atoms with Crippen LogP contribution >= 0.6 is 0 Å². The summed E-state index contributed by atoms with van der Waals surface area (Å²) in [6, 6.07) is 0.172. The fourth-order valence-electron chi connectivity index (χ4n) is 2.83. The van der Waals surface area contributed by atoms with Crippen molar-refractivity contribution < 1.29 is 4.52 Å². The molecule has 3 saturated heterocycles. The molecular formula is C12H21N5O. The molecular weight excluding hydrogens is 230 g/mol. The third-order valence-electron chi connectivity index (χ3n) is 3.95. The lowest BCUT2D eigenvalue weighted by Crippen LogP contribution is -2.57. The Balaban J connectivity index is 1.73. The molecule has 18 heavy (non-hydrogen) atoms. The van der Waals surface area contributed by atoms with Crippen LogP contribution in [0.15, 0.2) is 4.52 Å². The quantitative estimate of drug-likeness (QED) is 0.842. The van der Waals surface area contributed by atoms with Crippen molar-refractivity contribution in [3.8, 4) is 0 Å². The zero-order valence-electron chi connectivity index (χ0n) is 10.9. The number of fused-ring (bicyclic) bond motifs is 3. The normalized spacial score (nSPS) is 32.7. The Labute approximate surface area is 107 Å². The predicted molar refractivity (Wildman–Crippen MR) is 66.9 cm³/mol. The zero-order chi connectivity index (χ0) is 12.5. The molecule has 4 rings (SSSR count). The van der Waals surface area contributed by atoms with Gasteiger partial charge in [0.25, 0.3) is 0 Å². The summed E-state index contributed by atoms with van der Waals surface area (Å²) in [5.74, 6) is 1.39. The fourth-order valence-corrected chi connectivity index (χ4v) is 2.83. The summed E-state index contributed by atoms with van der Waals surface area (Å²) in [7, 11) is 0. The van der Waals surface area contributed by atoms with Gasteiger partial charge in [-0.3, -0.25) is 9.80 Å². The van der Waals surface area contributed by atoms with Crippen molar-refractivity contribution in [1.29, 1.82) is 0 Å². The molecule has 1 unspecified atom stereocenters. The Kier molecular flexibility index (Phi) is 3.32. The molecule has 6 heteroatoms. The van der Waals surface area contributed by atoms with Gasteiger partial charge in [-0.1, -0.05) is 18.5 Å². The van der Waals surface area contributed by atoms with Gasteiger partial charge in [0.2, 0.25) is 5.89 Å². The van der Waals surface area contributed by atoms with Gasteiger partial charge >= 0.3 is 0 Å². The highest BCUT2D eigenvalue weighted by Crippen LogP contribution is 2.27. The first-order valence-corrected chi connectivity index (χ1v) is 6.83. The molecule has 0 spiro atoms. The predicted octanol–water partition coefficient (Wildman–Crippen LogP) is 0.542. The van der Waals surface area contributed by atoms with E-state index in [-0.39, 0.29) is 6.04 Å². The van der Waals surface area contributed by atoms with E-state index < -0.39 is 0 Å². The SMILES string of the molecule is CCC[C@H](N)c1nc(C2CN3CCN2CC3)no1. The maximum absolute atomic E-state index is 6.00. The summed E-state index contributed by atoms with van der Waals surface area (Å²) in [6.07, 6.45) is 1.92. The maximum atomic E-state index is 6.00. The topological polar surface area (TPSA) is 71.4 Å². The van der Waals surface area contributed by atoms with Gasteiger partial charge in [0, 0.05) is 32.7 Å². The van der Waals surface area contributed by atoms with Gasteiger partial charge in [-0.05, 0) is 6.42 Å². The molecule has 6 nitrogen and oxygen atoms in total. The number of rotatable bonds is 4. The molecule has 4 heterocycles. The third kappa shape index (κ3) is 2.15. The molecule has 0 radical (unpaired) electrons. The Morgan fingerprint density at radius 1 is 1.39 bits per heavy atom. The van der Waals surface area contributed by atoms with Crippen LogP contribution in [0.2, 0.25) is 0 Å². The first-order valence-electron chi connectivity index (χ1n) is 6.83. The molecule has 2 N–H and O–H groups in total. The van der Waals surface area contributed by atoms with E-state index in [1.807, 2.05) is 0 Å². The monoisotopic (exact) mass is 251 g/mol. The zero-order valence-corrected chi connectivity index (χ0v) is 10.9. The van der Waals surface area contributed by atoms with Crippen molar-refractivity contribution in [1.82, 2.24) is 19.9 Å². The van der Waals surface area contributed by atoms with Crippen LogP contribution in [-0.2, 0) is 0 Å². The molecule has 1 aromatic heterocycles. The number of nitrogens with two attached hydrogens (primary N) is 1. The Morgan fingerprint density at radius 2 is 2.17 bits per heavy atom. The van der Waals surface area contributed by atoms with Crippen LogP contribution < -0.4 is 5.73 Å². The number of nitrogens with zero attached hydrogens (tertiary/aromatic N) is 4. The fraction of sp³-hybridized carbons (Fsp3) is 0.833. The van der Waals surface area contributed by atoms with E-state index in [2.05, 4.69) is 26.9 Å². The molecule has 2 bridgehead atoms. The number of aromatic nitrogens is 2. The lowest BCUT2D eigenvalue weighted by molar-refractivity contribution is 0.00781. The lowest BCUT2D eigenvalue weighted by Gasteiger charge is -2.46. The minimum Gasteiger partial charge on any atom is -0.338 e. The molecule has 100 valence electrons. The van der Waals surface area contributed by atoms with Crippen LogP contribution in [0.1, 0.15) is 43.6 Å². The average molecular weight is 251 g/mol. The minimum absolute atomic E-state index is 0.118. The second kappa shape index (κ2) is 4.95. The van der Waals surface area contributed by atoms with E-state index in [0.29, 0.717) is 11.9 Å². The molecule has 3 aliphatic heterocycles. The van der Waals surface area contributed by atoms with E-state index >= 15 is 0 Å². The van der Waals surface area contributed by atoms with E-state index in [1.54, 1.807) is 0 Å². The number of hydrogen-bond acceptors (Lipinski definition) is 6. The van der Waals surface area contributed by atoms with Crippen molar-refractivity contribution in [2.75, 3.05) is 32.7 Å². The highest BCUT2D eigenvalue weighted by atomic mass is 16.5. The smallest absolute Gasteiger partial charge is 0.243 e. The standard InChI is InChI=1S/C12H21N5O/c1-2-3-9(13)12-14-11(15-18-12)10-8-16-4-6-17(10)7-5-16/h9-10H,2-8,13H2,1H3/t9-,10?/m0/s1. The van der Waals surface area contributed by atoms with Crippen LogP contribution in [0.3, 0.4) is 0 Å². The van der Waals surface area contributed by atoms with Gasteiger partial charge in [0.1, 0.15) is 0 Å². The summed E-state index contributed by atoms with van der Waals surface area (Å²) in [6.45, 7) is 7.66. The van der Waals surface area contributed by atoms with Gasteiger partial charge in [-0.2, -0.15) is 4.98 Å². The molecule has 0 saturated carbocycles. The van der Waals surface area contributed by atoms with E-state index in [9.17, 15) is 0 Å². The van der Waals surface area contributed by atoms with Gasteiger partial charge in [0.15, 0.2) is 5.82 Å². The second-order valence-corrected chi connectivity index (χ2v) is 5.24. The van der Waals surface area contributed by atoms with Crippen LogP contribution in [0.25, 0.3) is 0 Å². The van der Waals surface area contributed by atoms with Crippen molar-refractivity contribution >= 4 is 0 Å². The Morgan fingerprint density at radius 3 is 2.78 bits per heavy atom. The molecule has 0 amide bonds. The van der Waals surface area contributed by atoms with E-state index in [4.69, 9.17) is 10.3 Å². The molecule has 1 aromatic rings. The molecule has 3 aliphatic rings. The lowest BCUT2D eigenvalue weighted by atomic mass is 10.1. The van der Waals surface area contributed by atoms with Gasteiger partial charge in [-0.25, -0.2) is 0 Å². The molecule has 0 aliphatic carbocycles. The van der Waals surface area contributed by atoms with Gasteiger partial charge < -0.3 is 10.3 Å². The van der Waals surface area contributed by atoms with E-state index in [1.165, 1.54) is 0 Å². The van der Waals surface area contributed by atoms with Crippen LogP contribution in [0, 0.1) is 0 Å². The summed E-state index contributed by atoms with van der Waals surface area (Å²) >= 11 is 0. The maximum Gasteiger partial charge on any atom is 0.243 e. The van der Waals surface area contributed by atoms with Crippen molar-refractivity contribution in [3.05, 3.63) is 11.7 Å². The highest BCUT2D eigenvalue weighted by Gasteiger charge is 2.35. The minimum atomic E-state index is -0.118. The summed E-state index contributed by atoms with van der Waals surface area (Å²) in [5, 5.41) is 4.13. The second-order valence-electron chi connectivity index (χ2n) is 5.24. The molecule has 0 aromatic carbocycles. The van der Waals surface area contributed by atoms with Gasteiger partial charge in [0.05, 0.1) is 12.1 Å². The van der Waals surface area contributed by atoms with Crippen molar-refractivity contribution in [3.63, 3.8) is 0 Å². The van der Waals surface area contributed by atoms with Crippen molar-refractivity contribution in [2.45, 2.75) is 31.8 Å². The highest BCUT2D eigenvalue weighted by molar-refractivity contribution is 5.02. The van der Waals surface area contributed by atoms with Crippen LogP contribution in [-0.4, -0.2) is 52.7 Å².